The lowest BCUT2D eigenvalue weighted by atomic mass is 10.0. The van der Waals surface area contributed by atoms with Crippen LogP contribution in [0.2, 0.25) is 5.02 Å². The van der Waals surface area contributed by atoms with Gasteiger partial charge in [0, 0.05) is 19.4 Å². The van der Waals surface area contributed by atoms with Gasteiger partial charge in [0.05, 0.1) is 23.0 Å². The molecular formula is C27H24ClFN4O2. The van der Waals surface area contributed by atoms with Gasteiger partial charge in [-0.3, -0.25) is 9.59 Å². The van der Waals surface area contributed by atoms with E-state index >= 15 is 0 Å². The van der Waals surface area contributed by atoms with Gasteiger partial charge in [0.1, 0.15) is 17.7 Å². The van der Waals surface area contributed by atoms with Crippen LogP contribution >= 0.6 is 11.6 Å². The third-order valence-electron chi connectivity index (χ3n) is 5.64. The summed E-state index contributed by atoms with van der Waals surface area (Å²) < 4.78 is 15.3. The fourth-order valence-corrected chi connectivity index (χ4v) is 4.05. The Morgan fingerprint density at radius 3 is 2.29 bits per heavy atom. The normalized spacial score (nSPS) is 12.5. The molecule has 4 aromatic rings. The highest BCUT2D eigenvalue weighted by Gasteiger charge is 2.25. The number of benzene rings is 3. The van der Waals surface area contributed by atoms with E-state index < -0.39 is 12.1 Å². The number of carbonyl (C=O) groups is 2. The van der Waals surface area contributed by atoms with Crippen LogP contribution in [0.15, 0.2) is 91.3 Å². The lowest BCUT2D eigenvalue weighted by molar-refractivity contribution is -0.122. The van der Waals surface area contributed by atoms with E-state index in [1.165, 1.54) is 12.1 Å². The van der Waals surface area contributed by atoms with Gasteiger partial charge in [0.25, 0.3) is 5.91 Å². The molecule has 0 saturated carbocycles. The Hall–Kier alpha value is -3.97. The fraction of sp³-hybridized carbons (Fsp3) is 0.148. The molecule has 0 saturated heterocycles. The van der Waals surface area contributed by atoms with E-state index in [-0.39, 0.29) is 24.1 Å². The van der Waals surface area contributed by atoms with Crippen molar-refractivity contribution in [3.63, 3.8) is 0 Å². The van der Waals surface area contributed by atoms with Gasteiger partial charge in [-0.1, -0.05) is 66.2 Å². The van der Waals surface area contributed by atoms with Crippen LogP contribution in [0.5, 0.6) is 0 Å². The average molecular weight is 491 g/mol. The summed E-state index contributed by atoms with van der Waals surface area (Å²) in [7, 11) is 1.82. The van der Waals surface area contributed by atoms with Crippen molar-refractivity contribution < 1.29 is 14.0 Å². The van der Waals surface area contributed by atoms with Crippen LogP contribution in [0.3, 0.4) is 0 Å². The number of nitrogens with one attached hydrogen (secondary N) is 2. The van der Waals surface area contributed by atoms with Crippen LogP contribution in [-0.2, 0) is 11.8 Å². The number of carbonyl (C=O) groups excluding carboxylic acids is 2. The quantitative estimate of drug-likeness (QED) is 0.366. The molecule has 6 nitrogen and oxygen atoms in total. The smallest absolute Gasteiger partial charge is 0.253 e. The topological polar surface area (TPSA) is 76.0 Å². The summed E-state index contributed by atoms with van der Waals surface area (Å²) in [5, 5.41) is 6.26. The molecule has 0 spiro atoms. The lowest BCUT2D eigenvalue weighted by Crippen LogP contribution is -2.36. The second-order valence-electron chi connectivity index (χ2n) is 8.07. The van der Waals surface area contributed by atoms with E-state index in [1.807, 2.05) is 37.4 Å². The van der Waals surface area contributed by atoms with Crippen LogP contribution in [0.4, 0.5) is 4.39 Å². The van der Waals surface area contributed by atoms with E-state index in [1.54, 1.807) is 53.4 Å². The summed E-state index contributed by atoms with van der Waals surface area (Å²) >= 11 is 6.20. The molecule has 1 aromatic heterocycles. The summed E-state index contributed by atoms with van der Waals surface area (Å²) in [6.07, 6.45) is 3.38. The summed E-state index contributed by atoms with van der Waals surface area (Å²) in [6, 6.07) is 20.7. The van der Waals surface area contributed by atoms with Crippen LogP contribution in [0.1, 0.15) is 45.8 Å². The molecule has 0 aliphatic carbocycles. The minimum absolute atomic E-state index is 0.0255. The molecule has 0 unspecified atom stereocenters. The summed E-state index contributed by atoms with van der Waals surface area (Å²) in [4.78, 5) is 30.6. The van der Waals surface area contributed by atoms with Crippen LogP contribution < -0.4 is 10.6 Å². The van der Waals surface area contributed by atoms with Crippen LogP contribution in [-0.4, -0.2) is 21.4 Å². The van der Waals surface area contributed by atoms with E-state index in [2.05, 4.69) is 15.6 Å². The molecule has 4 rings (SSSR count). The number of aryl methyl sites for hydroxylation is 1. The zero-order valence-electron chi connectivity index (χ0n) is 19.0. The Kier molecular flexibility index (Phi) is 7.57. The third-order valence-corrected chi connectivity index (χ3v) is 5.97. The molecule has 0 radical (unpaired) electrons. The van der Waals surface area contributed by atoms with E-state index in [4.69, 9.17) is 11.6 Å². The Morgan fingerprint density at radius 1 is 0.943 bits per heavy atom. The van der Waals surface area contributed by atoms with Gasteiger partial charge in [-0.2, -0.15) is 0 Å². The van der Waals surface area contributed by atoms with Crippen molar-refractivity contribution in [3.8, 4) is 0 Å². The zero-order chi connectivity index (χ0) is 24.8. The third kappa shape index (κ3) is 5.94. The van der Waals surface area contributed by atoms with Gasteiger partial charge in [0.15, 0.2) is 0 Å². The summed E-state index contributed by atoms with van der Waals surface area (Å²) in [6.45, 7) is 0. The van der Waals surface area contributed by atoms with Crippen molar-refractivity contribution in [3.05, 3.63) is 125 Å². The van der Waals surface area contributed by atoms with Crippen molar-refractivity contribution in [1.82, 2.24) is 20.2 Å². The molecule has 178 valence electrons. The maximum atomic E-state index is 13.5. The molecule has 0 aliphatic heterocycles. The number of rotatable bonds is 8. The molecule has 35 heavy (non-hydrogen) atoms. The standard InChI is InChI=1S/C27H24ClFN4O2/c1-33-16-15-30-26(33)25(19-11-13-20(29)14-12-19)32-24(34)17-23(18-7-3-2-4-8-18)31-27(35)21-9-5-6-10-22(21)28/h2-16,23,25H,17H2,1H3,(H,31,35)(H,32,34)/t23-,25-/m0/s1. The Balaban J connectivity index is 1.57. The number of aromatic nitrogens is 2. The maximum absolute atomic E-state index is 13.5. The van der Waals surface area contributed by atoms with Gasteiger partial charge >= 0.3 is 0 Å². The SMILES string of the molecule is Cn1ccnc1[C@@H](NC(=O)C[C@H](NC(=O)c1ccccc1Cl)c1ccccc1)c1ccc(F)cc1. The first-order valence-electron chi connectivity index (χ1n) is 11.0. The Labute approximate surface area is 207 Å². The minimum atomic E-state index is -0.602. The summed E-state index contributed by atoms with van der Waals surface area (Å²) in [5.74, 6) is -0.460. The second-order valence-corrected chi connectivity index (χ2v) is 8.48. The number of nitrogens with zero attached hydrogens (tertiary/aromatic N) is 2. The number of imidazole rings is 1. The van der Waals surface area contributed by atoms with Crippen molar-refractivity contribution in [2.24, 2.45) is 7.05 Å². The molecule has 2 N–H and O–H groups in total. The molecule has 0 aliphatic rings. The van der Waals surface area contributed by atoms with Gasteiger partial charge in [-0.05, 0) is 35.4 Å². The number of halogens is 2. The first-order chi connectivity index (χ1) is 16.9. The summed E-state index contributed by atoms with van der Waals surface area (Å²) in [5.41, 5.74) is 1.79. The Bertz CT molecular complexity index is 1310. The minimum Gasteiger partial charge on any atom is -0.345 e. The van der Waals surface area contributed by atoms with Crippen molar-refractivity contribution >= 4 is 23.4 Å². The first kappa shape index (κ1) is 24.2. The van der Waals surface area contributed by atoms with Gasteiger partial charge in [0.2, 0.25) is 5.91 Å². The largest absolute Gasteiger partial charge is 0.345 e. The first-order valence-corrected chi connectivity index (χ1v) is 11.4. The van der Waals surface area contributed by atoms with E-state index in [0.29, 0.717) is 22.0 Å². The number of hydrogen-bond donors (Lipinski definition) is 2. The zero-order valence-corrected chi connectivity index (χ0v) is 19.7. The molecule has 3 aromatic carbocycles. The average Bonchev–Trinajstić information content (AvgIpc) is 3.29. The Morgan fingerprint density at radius 2 is 1.63 bits per heavy atom. The lowest BCUT2D eigenvalue weighted by Gasteiger charge is -2.23. The highest BCUT2D eigenvalue weighted by molar-refractivity contribution is 6.33. The van der Waals surface area contributed by atoms with Gasteiger partial charge < -0.3 is 15.2 Å². The molecule has 0 fully saturated rings. The number of hydrogen-bond acceptors (Lipinski definition) is 3. The highest BCUT2D eigenvalue weighted by Crippen LogP contribution is 2.24. The van der Waals surface area contributed by atoms with Crippen molar-refractivity contribution in [2.45, 2.75) is 18.5 Å². The number of amides is 2. The molecular weight excluding hydrogens is 467 g/mol. The molecule has 1 heterocycles. The van der Waals surface area contributed by atoms with Crippen molar-refractivity contribution in [2.75, 3.05) is 0 Å². The predicted octanol–water partition coefficient (Wildman–Crippen LogP) is 4.98. The van der Waals surface area contributed by atoms with E-state index in [0.717, 1.165) is 5.56 Å². The van der Waals surface area contributed by atoms with E-state index in [9.17, 15) is 14.0 Å². The molecule has 8 heteroatoms. The van der Waals surface area contributed by atoms with Crippen molar-refractivity contribution in [1.29, 1.82) is 0 Å². The van der Waals surface area contributed by atoms with Crippen LogP contribution in [0.25, 0.3) is 0 Å². The fourth-order valence-electron chi connectivity index (χ4n) is 3.83. The molecule has 0 bridgehead atoms. The monoisotopic (exact) mass is 490 g/mol. The van der Waals surface area contributed by atoms with Crippen LogP contribution in [0, 0.1) is 5.82 Å². The molecule has 2 atom stereocenters. The van der Waals surface area contributed by atoms with Gasteiger partial charge in [-0.25, -0.2) is 9.37 Å². The van der Waals surface area contributed by atoms with Gasteiger partial charge in [-0.15, -0.1) is 0 Å². The highest BCUT2D eigenvalue weighted by atomic mass is 35.5. The molecule has 2 amide bonds. The second kappa shape index (κ2) is 11.0. The predicted molar refractivity (Wildman–Crippen MR) is 132 cm³/mol. The maximum Gasteiger partial charge on any atom is 0.253 e.